The maximum atomic E-state index is 11.5. The van der Waals surface area contributed by atoms with Crippen molar-refractivity contribution in [2.75, 3.05) is 0 Å². The molecule has 0 atom stereocenters. The summed E-state index contributed by atoms with van der Waals surface area (Å²) in [6, 6.07) is 5.25. The zero-order valence-corrected chi connectivity index (χ0v) is 12.2. The van der Waals surface area contributed by atoms with E-state index in [1.807, 2.05) is 26.8 Å². The Labute approximate surface area is 117 Å². The quantitative estimate of drug-likeness (QED) is 0.857. The Kier molecular flexibility index (Phi) is 5.45. The lowest BCUT2D eigenvalue weighted by Gasteiger charge is -2.18. The molecule has 5 heteroatoms. The summed E-state index contributed by atoms with van der Waals surface area (Å²) >= 11 is 11.8. The van der Waals surface area contributed by atoms with E-state index in [0.717, 1.165) is 5.56 Å². The van der Waals surface area contributed by atoms with Gasteiger partial charge in [0.2, 0.25) is 5.91 Å². The zero-order valence-electron chi connectivity index (χ0n) is 10.7. The van der Waals surface area contributed by atoms with Crippen molar-refractivity contribution in [1.82, 2.24) is 5.48 Å². The summed E-state index contributed by atoms with van der Waals surface area (Å²) in [6.45, 7) is 5.59. The number of hydrogen-bond acceptors (Lipinski definition) is 2. The largest absolute Gasteiger partial charge is 0.273 e. The third-order valence-electron chi connectivity index (χ3n) is 2.11. The van der Waals surface area contributed by atoms with Crippen LogP contribution in [0.15, 0.2) is 18.2 Å². The van der Waals surface area contributed by atoms with E-state index in [-0.39, 0.29) is 5.91 Å². The molecule has 0 saturated carbocycles. The minimum atomic E-state index is -0.395. The second-order valence-electron chi connectivity index (χ2n) is 4.98. The normalized spacial score (nSPS) is 11.4. The van der Waals surface area contributed by atoms with Crippen LogP contribution in [0, 0.1) is 0 Å². The second-order valence-corrected chi connectivity index (χ2v) is 5.82. The Morgan fingerprint density at radius 3 is 2.56 bits per heavy atom. The molecular weight excluding hydrogens is 273 g/mol. The first-order valence-electron chi connectivity index (χ1n) is 5.69. The summed E-state index contributed by atoms with van der Waals surface area (Å²) in [5.41, 5.74) is 2.92. The smallest absolute Gasteiger partial charge is 0.243 e. The number of hydrogen-bond donors (Lipinski definition) is 1. The van der Waals surface area contributed by atoms with Gasteiger partial charge in [0.05, 0.1) is 5.60 Å². The van der Waals surface area contributed by atoms with Gasteiger partial charge in [-0.05, 0) is 44.9 Å². The van der Waals surface area contributed by atoms with Gasteiger partial charge in [0, 0.05) is 16.5 Å². The number of halogens is 2. The van der Waals surface area contributed by atoms with E-state index in [0.29, 0.717) is 22.9 Å². The van der Waals surface area contributed by atoms with Gasteiger partial charge in [0.1, 0.15) is 0 Å². The standard InChI is InChI=1S/C13H17Cl2NO2/c1-13(2,3)18-16-12(17)7-5-9-4-6-10(14)8-11(9)15/h4,6,8H,5,7H2,1-3H3,(H,16,17). The van der Waals surface area contributed by atoms with Crippen molar-refractivity contribution in [2.45, 2.75) is 39.2 Å². The predicted octanol–water partition coefficient (Wildman–Crippen LogP) is 3.77. The average Bonchev–Trinajstić information content (AvgIpc) is 2.24. The highest BCUT2D eigenvalue weighted by Gasteiger charge is 2.13. The molecule has 0 saturated heterocycles. The molecule has 0 spiro atoms. The number of nitrogens with one attached hydrogen (secondary N) is 1. The summed E-state index contributed by atoms with van der Waals surface area (Å²) in [6.07, 6.45) is 0.868. The van der Waals surface area contributed by atoms with Crippen molar-refractivity contribution in [3.63, 3.8) is 0 Å². The van der Waals surface area contributed by atoms with Gasteiger partial charge in [0.25, 0.3) is 0 Å². The summed E-state index contributed by atoms with van der Waals surface area (Å²) in [5.74, 6) is -0.170. The van der Waals surface area contributed by atoms with E-state index >= 15 is 0 Å². The maximum Gasteiger partial charge on any atom is 0.243 e. The highest BCUT2D eigenvalue weighted by molar-refractivity contribution is 6.35. The minimum Gasteiger partial charge on any atom is -0.273 e. The maximum absolute atomic E-state index is 11.5. The first kappa shape index (κ1) is 15.3. The first-order chi connectivity index (χ1) is 8.28. The van der Waals surface area contributed by atoms with Gasteiger partial charge in [-0.15, -0.1) is 0 Å². The Bertz CT molecular complexity index is 427. The van der Waals surface area contributed by atoms with Gasteiger partial charge in [-0.2, -0.15) is 0 Å². The lowest BCUT2D eigenvalue weighted by atomic mass is 10.1. The SMILES string of the molecule is CC(C)(C)ONC(=O)CCc1ccc(Cl)cc1Cl. The molecule has 3 nitrogen and oxygen atoms in total. The first-order valence-corrected chi connectivity index (χ1v) is 6.44. The lowest BCUT2D eigenvalue weighted by molar-refractivity contribution is -0.145. The molecule has 100 valence electrons. The molecular formula is C13H17Cl2NO2. The molecule has 1 amide bonds. The van der Waals surface area contributed by atoms with Crippen LogP contribution in [-0.2, 0) is 16.1 Å². The molecule has 0 fully saturated rings. The molecule has 0 aliphatic carbocycles. The number of rotatable bonds is 4. The molecule has 0 unspecified atom stereocenters. The predicted molar refractivity (Wildman–Crippen MR) is 73.8 cm³/mol. The van der Waals surface area contributed by atoms with Crippen molar-refractivity contribution >= 4 is 29.1 Å². The van der Waals surface area contributed by atoms with Crippen LogP contribution in [0.1, 0.15) is 32.8 Å². The molecule has 1 aromatic rings. The van der Waals surface area contributed by atoms with Crippen molar-refractivity contribution in [3.8, 4) is 0 Å². The molecule has 18 heavy (non-hydrogen) atoms. The van der Waals surface area contributed by atoms with Crippen LogP contribution in [0.5, 0.6) is 0 Å². The summed E-state index contributed by atoms with van der Waals surface area (Å²) in [7, 11) is 0. The Morgan fingerprint density at radius 2 is 2.00 bits per heavy atom. The Morgan fingerprint density at radius 1 is 1.33 bits per heavy atom. The van der Waals surface area contributed by atoms with Crippen LogP contribution in [0.2, 0.25) is 10.0 Å². The fourth-order valence-electron chi connectivity index (χ4n) is 1.23. The highest BCUT2D eigenvalue weighted by atomic mass is 35.5. The molecule has 0 aromatic heterocycles. The average molecular weight is 290 g/mol. The fraction of sp³-hybridized carbons (Fsp3) is 0.462. The fourth-order valence-corrected chi connectivity index (χ4v) is 1.74. The number of amides is 1. The molecule has 1 aromatic carbocycles. The summed E-state index contributed by atoms with van der Waals surface area (Å²) in [5, 5.41) is 1.16. The van der Waals surface area contributed by atoms with E-state index in [1.165, 1.54) is 0 Å². The van der Waals surface area contributed by atoms with Crippen LogP contribution < -0.4 is 5.48 Å². The molecule has 0 bridgehead atoms. The number of carbonyl (C=O) groups excluding carboxylic acids is 1. The van der Waals surface area contributed by atoms with Crippen molar-refractivity contribution < 1.29 is 9.63 Å². The van der Waals surface area contributed by atoms with Crippen molar-refractivity contribution in [2.24, 2.45) is 0 Å². The number of aryl methyl sites for hydroxylation is 1. The number of hydroxylamine groups is 1. The molecule has 1 N–H and O–H groups in total. The third-order valence-corrected chi connectivity index (χ3v) is 2.69. The summed E-state index contributed by atoms with van der Waals surface area (Å²) < 4.78 is 0. The van der Waals surface area contributed by atoms with Gasteiger partial charge >= 0.3 is 0 Å². The molecule has 0 radical (unpaired) electrons. The van der Waals surface area contributed by atoms with Gasteiger partial charge in [-0.25, -0.2) is 5.48 Å². The monoisotopic (exact) mass is 289 g/mol. The van der Waals surface area contributed by atoms with Gasteiger partial charge in [0.15, 0.2) is 0 Å². The molecule has 0 aliphatic heterocycles. The third kappa shape index (κ3) is 5.71. The minimum absolute atomic E-state index is 0.170. The van der Waals surface area contributed by atoms with E-state index < -0.39 is 5.60 Å². The van der Waals surface area contributed by atoms with Crippen LogP contribution in [0.3, 0.4) is 0 Å². The van der Waals surface area contributed by atoms with E-state index in [9.17, 15) is 4.79 Å². The van der Waals surface area contributed by atoms with Crippen LogP contribution >= 0.6 is 23.2 Å². The zero-order chi connectivity index (χ0) is 13.8. The topological polar surface area (TPSA) is 38.3 Å². The second kappa shape index (κ2) is 6.41. The van der Waals surface area contributed by atoms with Crippen LogP contribution in [0.25, 0.3) is 0 Å². The van der Waals surface area contributed by atoms with Crippen molar-refractivity contribution in [3.05, 3.63) is 33.8 Å². The summed E-state index contributed by atoms with van der Waals surface area (Å²) in [4.78, 5) is 16.7. The Hall–Kier alpha value is -0.770. The molecule has 0 heterocycles. The number of benzene rings is 1. The van der Waals surface area contributed by atoms with Gasteiger partial charge in [-0.3, -0.25) is 9.63 Å². The number of carbonyl (C=O) groups is 1. The van der Waals surface area contributed by atoms with Crippen LogP contribution in [0.4, 0.5) is 0 Å². The van der Waals surface area contributed by atoms with E-state index in [2.05, 4.69) is 5.48 Å². The van der Waals surface area contributed by atoms with Gasteiger partial charge in [-0.1, -0.05) is 29.3 Å². The molecule has 0 aliphatic rings. The van der Waals surface area contributed by atoms with E-state index in [4.69, 9.17) is 28.0 Å². The highest BCUT2D eigenvalue weighted by Crippen LogP contribution is 2.22. The van der Waals surface area contributed by atoms with Crippen LogP contribution in [-0.4, -0.2) is 11.5 Å². The van der Waals surface area contributed by atoms with Crippen molar-refractivity contribution in [1.29, 1.82) is 0 Å². The molecule has 1 rings (SSSR count). The van der Waals surface area contributed by atoms with E-state index in [1.54, 1.807) is 12.1 Å². The Balaban J connectivity index is 2.43. The van der Waals surface area contributed by atoms with Gasteiger partial charge < -0.3 is 0 Å². The lowest BCUT2D eigenvalue weighted by Crippen LogP contribution is -2.33.